The Balaban J connectivity index is 1.56. The highest BCUT2D eigenvalue weighted by Crippen LogP contribution is 2.49. The van der Waals surface area contributed by atoms with Gasteiger partial charge in [0.15, 0.2) is 11.8 Å². The third-order valence-electron chi connectivity index (χ3n) is 8.41. The van der Waals surface area contributed by atoms with Gasteiger partial charge in [0.05, 0.1) is 22.9 Å². The van der Waals surface area contributed by atoms with Gasteiger partial charge in [0.25, 0.3) is 12.3 Å². The third-order valence-corrected chi connectivity index (χ3v) is 8.73. The van der Waals surface area contributed by atoms with Crippen LogP contribution in [0.2, 0.25) is 5.02 Å². The van der Waals surface area contributed by atoms with Crippen molar-refractivity contribution in [2.45, 2.75) is 69.5 Å². The minimum absolute atomic E-state index is 0.0170. The summed E-state index contributed by atoms with van der Waals surface area (Å²) in [5.41, 5.74) is -3.86. The van der Waals surface area contributed by atoms with Crippen LogP contribution in [-0.2, 0) is 4.74 Å². The average molecular weight is 790 g/mol. The number of rotatable bonds is 13. The highest BCUT2D eigenvalue weighted by molar-refractivity contribution is 6.32. The first-order valence-corrected chi connectivity index (χ1v) is 16.5. The van der Waals surface area contributed by atoms with Gasteiger partial charge in [0, 0.05) is 23.9 Å². The van der Waals surface area contributed by atoms with Crippen molar-refractivity contribution in [3.05, 3.63) is 83.2 Å². The van der Waals surface area contributed by atoms with Crippen LogP contribution >= 0.6 is 11.6 Å². The number of alkyl carbamates (subject to hydrolysis) is 1. The molecule has 0 bridgehead atoms. The number of hydrogen-bond acceptors (Lipinski definition) is 7. The molecule has 0 saturated heterocycles. The van der Waals surface area contributed by atoms with Gasteiger partial charge in [0.1, 0.15) is 24.1 Å². The zero-order valence-electron chi connectivity index (χ0n) is 28.4. The predicted molar refractivity (Wildman–Crippen MR) is 177 cm³/mol. The molecule has 1 aliphatic rings. The number of benzene rings is 2. The van der Waals surface area contributed by atoms with Gasteiger partial charge in [-0.3, -0.25) is 15.1 Å². The molecule has 54 heavy (non-hydrogen) atoms. The Labute approximate surface area is 306 Å². The molecular weight excluding hydrogens is 758 g/mol. The maximum absolute atomic E-state index is 14.4. The van der Waals surface area contributed by atoms with Gasteiger partial charge in [-0.15, -0.1) is 0 Å². The predicted octanol–water partition coefficient (Wildman–Crippen LogP) is 7.78. The topological polar surface area (TPSA) is 143 Å². The summed E-state index contributed by atoms with van der Waals surface area (Å²) in [6.45, 7) is -1.43. The van der Waals surface area contributed by atoms with Crippen molar-refractivity contribution >= 4 is 29.6 Å². The molecule has 2 aromatic carbocycles. The average Bonchev–Trinajstić information content (AvgIpc) is 3.47. The van der Waals surface area contributed by atoms with Gasteiger partial charge < -0.3 is 15.4 Å². The van der Waals surface area contributed by atoms with Crippen molar-refractivity contribution in [3.8, 4) is 16.8 Å². The molecule has 290 valence electrons. The second-order valence-corrected chi connectivity index (χ2v) is 13.3. The van der Waals surface area contributed by atoms with Crippen LogP contribution in [0, 0.1) is 5.41 Å². The second-order valence-electron chi connectivity index (χ2n) is 12.8. The summed E-state index contributed by atoms with van der Waals surface area (Å²) in [5.74, 6) is -2.42. The van der Waals surface area contributed by atoms with E-state index in [0.29, 0.717) is 10.2 Å². The largest absolute Gasteiger partial charge is 0.447 e. The van der Waals surface area contributed by atoms with Gasteiger partial charge in [-0.25, -0.2) is 32.3 Å². The summed E-state index contributed by atoms with van der Waals surface area (Å²) in [6.07, 6.45) is -7.25. The van der Waals surface area contributed by atoms with Crippen molar-refractivity contribution in [1.82, 2.24) is 40.1 Å². The quantitative estimate of drug-likeness (QED) is 0.0713. The lowest BCUT2D eigenvalue weighted by molar-refractivity contribution is -0.164. The molecule has 0 spiro atoms. The molecule has 0 unspecified atom stereocenters. The first-order chi connectivity index (χ1) is 25.3. The van der Waals surface area contributed by atoms with Crippen molar-refractivity contribution in [2.75, 3.05) is 13.2 Å². The van der Waals surface area contributed by atoms with E-state index in [1.165, 1.54) is 62.5 Å². The number of nitrogens with zero attached hydrogens (tertiary/aromatic N) is 6. The standard InChI is InChI=1S/C33H32ClF8N9O3/c1-31(2,39)11-12-44-29(43)50(27(52)19-5-3-18(4-6-19)21-14-46-49(15-21)28(37)38)24(16-54-30(53)48-32(9-10-32)33(40,41)42)20-7-8-22(34)23(13-20)51-26(25(35)36)45-17-47-51/h3-8,13-15,17,24-25,28H,9-12,16H2,1-2H3,(H2,43,44)(H,48,53)/t24-/m1/s1. The number of carbonyl (C=O) groups is 2. The van der Waals surface area contributed by atoms with Crippen molar-refractivity contribution in [1.29, 1.82) is 5.41 Å². The van der Waals surface area contributed by atoms with Crippen LogP contribution in [0.4, 0.5) is 39.9 Å². The van der Waals surface area contributed by atoms with E-state index in [9.17, 15) is 44.7 Å². The van der Waals surface area contributed by atoms with Gasteiger partial charge in [-0.1, -0.05) is 29.8 Å². The summed E-state index contributed by atoms with van der Waals surface area (Å²) in [7, 11) is 0. The molecule has 4 aromatic rings. The van der Waals surface area contributed by atoms with Gasteiger partial charge in [-0.2, -0.15) is 32.1 Å². The Bertz CT molecular complexity index is 1980. The first kappa shape index (κ1) is 39.9. The normalized spacial score (nSPS) is 14.5. The second kappa shape index (κ2) is 15.6. The van der Waals surface area contributed by atoms with Crippen molar-refractivity contribution in [2.24, 2.45) is 0 Å². The summed E-state index contributed by atoms with van der Waals surface area (Å²) in [4.78, 5) is 31.5. The summed E-state index contributed by atoms with van der Waals surface area (Å²) >= 11 is 6.36. The fourth-order valence-electron chi connectivity index (χ4n) is 5.29. The molecule has 1 atom stereocenters. The SMILES string of the molecule is CC(C)(F)CCNC(=N)N(C(=O)c1ccc(-c2cnn(C(F)F)c2)cc1)[C@H](COC(=O)NC1(C(F)(F)F)CC1)c1ccc(Cl)c(-n2ncnc2C(F)F)c1. The van der Waals surface area contributed by atoms with E-state index in [1.807, 2.05) is 0 Å². The molecule has 0 aliphatic heterocycles. The maximum Gasteiger partial charge on any atom is 0.411 e. The molecule has 21 heteroatoms. The highest BCUT2D eigenvalue weighted by Gasteiger charge is 2.64. The number of ether oxygens (including phenoxy) is 1. The number of guanidine groups is 1. The Morgan fingerprint density at radius 2 is 1.72 bits per heavy atom. The van der Waals surface area contributed by atoms with Crippen LogP contribution in [0.1, 0.15) is 73.9 Å². The zero-order valence-corrected chi connectivity index (χ0v) is 29.1. The lowest BCUT2D eigenvalue weighted by atomic mass is 10.0. The summed E-state index contributed by atoms with van der Waals surface area (Å²) in [6, 6.07) is 7.56. The smallest absolute Gasteiger partial charge is 0.411 e. The molecule has 3 N–H and O–H groups in total. The maximum atomic E-state index is 14.4. The van der Waals surface area contributed by atoms with Crippen molar-refractivity contribution in [3.63, 3.8) is 0 Å². The van der Waals surface area contributed by atoms with E-state index >= 15 is 0 Å². The fraction of sp³-hybridized carbons (Fsp3) is 0.394. The van der Waals surface area contributed by atoms with Crippen LogP contribution in [-0.4, -0.2) is 77.9 Å². The number of amides is 2. The molecule has 1 saturated carbocycles. The molecule has 2 aromatic heterocycles. The van der Waals surface area contributed by atoms with E-state index in [2.05, 4.69) is 20.5 Å². The Kier molecular flexibility index (Phi) is 11.5. The van der Waals surface area contributed by atoms with Crippen molar-refractivity contribution < 1.29 is 49.4 Å². The fourth-order valence-corrected chi connectivity index (χ4v) is 5.49. The highest BCUT2D eigenvalue weighted by atomic mass is 35.5. The minimum Gasteiger partial charge on any atom is -0.447 e. The molecule has 1 fully saturated rings. The number of carbonyl (C=O) groups excluding carboxylic acids is 2. The molecule has 5 rings (SSSR count). The molecule has 2 heterocycles. The Hall–Kier alpha value is -5.27. The Morgan fingerprint density at radius 1 is 1.04 bits per heavy atom. The van der Waals surface area contributed by atoms with Gasteiger partial charge in [0.2, 0.25) is 0 Å². The van der Waals surface area contributed by atoms with Crippen LogP contribution < -0.4 is 10.6 Å². The number of aromatic nitrogens is 5. The van der Waals surface area contributed by atoms with E-state index in [1.54, 1.807) is 5.32 Å². The number of alkyl halides is 8. The van der Waals surface area contributed by atoms with Gasteiger partial charge in [-0.05, 0) is 68.5 Å². The first-order valence-electron chi connectivity index (χ1n) is 16.1. The number of nitrogens with one attached hydrogen (secondary N) is 3. The monoisotopic (exact) mass is 789 g/mol. The third kappa shape index (κ3) is 9.08. The molecule has 1 aliphatic carbocycles. The van der Waals surface area contributed by atoms with Crippen LogP contribution in [0.5, 0.6) is 0 Å². The lowest BCUT2D eigenvalue weighted by Crippen LogP contribution is -2.50. The van der Waals surface area contributed by atoms with E-state index < -0.39 is 79.6 Å². The molecule has 0 radical (unpaired) electrons. The molecular formula is C33H32ClF8N9O3. The lowest BCUT2D eigenvalue weighted by Gasteiger charge is -2.33. The van der Waals surface area contributed by atoms with Crippen LogP contribution in [0.3, 0.4) is 0 Å². The van der Waals surface area contributed by atoms with Crippen LogP contribution in [0.15, 0.2) is 61.2 Å². The van der Waals surface area contributed by atoms with Crippen LogP contribution in [0.25, 0.3) is 16.8 Å². The minimum atomic E-state index is -4.79. The molecule has 12 nitrogen and oxygen atoms in total. The van der Waals surface area contributed by atoms with E-state index in [-0.39, 0.29) is 40.4 Å². The summed E-state index contributed by atoms with van der Waals surface area (Å²) < 4.78 is 115. The van der Waals surface area contributed by atoms with E-state index in [4.69, 9.17) is 21.7 Å². The number of halogens is 9. The summed E-state index contributed by atoms with van der Waals surface area (Å²) in [5, 5.41) is 20.6. The molecule has 2 amide bonds. The zero-order chi connectivity index (χ0) is 39.6. The van der Waals surface area contributed by atoms with Gasteiger partial charge >= 0.3 is 18.8 Å². The van der Waals surface area contributed by atoms with E-state index in [0.717, 1.165) is 22.1 Å². The Morgan fingerprint density at radius 3 is 2.30 bits per heavy atom. The number of hydrogen-bond donors (Lipinski definition) is 3.